The number of nitrogens with one attached hydrogen (secondary N) is 2. The number of rotatable bonds is 3. The smallest absolute Gasteiger partial charge is 0.251 e. The number of nitrogens with two attached hydrogens (primary N) is 1. The van der Waals surface area contributed by atoms with Gasteiger partial charge >= 0.3 is 0 Å². The molecule has 0 aromatic heterocycles. The van der Waals surface area contributed by atoms with Crippen LogP contribution in [0.3, 0.4) is 0 Å². The maximum atomic E-state index is 11.7. The Morgan fingerprint density at radius 1 is 1.59 bits per heavy atom. The summed E-state index contributed by atoms with van der Waals surface area (Å²) in [7, 11) is 0. The molecule has 1 atom stereocenters. The fraction of sp³-hybridized carbons (Fsp3) is 0.700. The van der Waals surface area contributed by atoms with Crippen molar-refractivity contribution in [3.05, 3.63) is 0 Å². The zero-order chi connectivity index (χ0) is 13.2. The summed E-state index contributed by atoms with van der Waals surface area (Å²) >= 11 is 0. The lowest BCUT2D eigenvalue weighted by molar-refractivity contribution is -0.150. The van der Waals surface area contributed by atoms with Crippen LogP contribution in [0.2, 0.25) is 0 Å². The van der Waals surface area contributed by atoms with Gasteiger partial charge in [0.05, 0.1) is 18.1 Å². The van der Waals surface area contributed by atoms with E-state index in [0.717, 1.165) is 0 Å². The Bertz CT molecular complexity index is 353. The van der Waals surface area contributed by atoms with Crippen LogP contribution in [0.4, 0.5) is 0 Å². The molecule has 0 aromatic rings. The molecule has 0 spiro atoms. The summed E-state index contributed by atoms with van der Waals surface area (Å²) in [6.07, 6.45) is 0.465. The maximum absolute atomic E-state index is 11.7. The quantitative estimate of drug-likeness (QED) is 0.241. The highest BCUT2D eigenvalue weighted by Gasteiger charge is 2.45. The highest BCUT2D eigenvalue weighted by molar-refractivity contribution is 6.03. The van der Waals surface area contributed by atoms with E-state index in [0.29, 0.717) is 6.42 Å². The number of piperazine rings is 1. The minimum atomic E-state index is -0.916. The third kappa shape index (κ3) is 2.45. The molecule has 1 heterocycles. The summed E-state index contributed by atoms with van der Waals surface area (Å²) in [4.78, 5) is 36.3. The highest BCUT2D eigenvalue weighted by atomic mass is 16.2. The molecule has 0 aromatic carbocycles. The number of hydrogen-bond acceptors (Lipinski definition) is 5. The number of carbonyl (C=O) groups excluding carboxylic acids is 3. The molecule has 0 aliphatic carbocycles. The first-order valence-corrected chi connectivity index (χ1v) is 5.46. The molecule has 4 N–H and O–H groups in total. The van der Waals surface area contributed by atoms with Crippen molar-refractivity contribution in [2.75, 3.05) is 6.54 Å². The molecule has 7 heteroatoms. The van der Waals surface area contributed by atoms with E-state index in [1.165, 1.54) is 0 Å². The van der Waals surface area contributed by atoms with Crippen LogP contribution in [-0.2, 0) is 14.4 Å². The second kappa shape index (κ2) is 4.80. The number of hydrogen-bond donors (Lipinski definition) is 3. The summed E-state index contributed by atoms with van der Waals surface area (Å²) in [5, 5.41) is 2.25. The first-order valence-electron chi connectivity index (χ1n) is 5.46. The van der Waals surface area contributed by atoms with E-state index in [-0.39, 0.29) is 6.54 Å². The van der Waals surface area contributed by atoms with Crippen LogP contribution in [0.1, 0.15) is 27.2 Å². The first-order chi connectivity index (χ1) is 7.84. The summed E-state index contributed by atoms with van der Waals surface area (Å²) in [6, 6.07) is -0.593. The molecule has 17 heavy (non-hydrogen) atoms. The monoisotopic (exact) mass is 242 g/mol. The van der Waals surface area contributed by atoms with E-state index in [1.54, 1.807) is 25.7 Å². The lowest BCUT2D eigenvalue weighted by Crippen LogP contribution is -2.68. The Hall–Kier alpha value is -1.47. The predicted molar refractivity (Wildman–Crippen MR) is 60.3 cm³/mol. The molecule has 1 rings (SSSR count). The lowest BCUT2D eigenvalue weighted by Gasteiger charge is -2.43. The van der Waals surface area contributed by atoms with E-state index >= 15 is 0 Å². The van der Waals surface area contributed by atoms with Gasteiger partial charge in [-0.25, -0.2) is 5.84 Å². The standard InChI is InChI=1S/C10H18N4O3/c1-4-6(8(16)13-11)14-5-7(15)12-9(17)10(14,2)3/h6H,4-5,11H2,1-3H3,(H,13,16)(H,12,15,17). The maximum Gasteiger partial charge on any atom is 0.251 e. The largest absolute Gasteiger partial charge is 0.294 e. The normalized spacial score (nSPS) is 21.9. The van der Waals surface area contributed by atoms with E-state index in [1.807, 2.05) is 0 Å². The third-order valence-electron chi connectivity index (χ3n) is 3.05. The van der Waals surface area contributed by atoms with E-state index < -0.39 is 29.3 Å². The highest BCUT2D eigenvalue weighted by Crippen LogP contribution is 2.22. The molecular formula is C10H18N4O3. The van der Waals surface area contributed by atoms with E-state index in [2.05, 4.69) is 10.7 Å². The summed E-state index contributed by atoms with van der Waals surface area (Å²) in [5.41, 5.74) is 1.14. The summed E-state index contributed by atoms with van der Waals surface area (Å²) in [5.74, 6) is 3.89. The molecular weight excluding hydrogens is 224 g/mol. The molecule has 1 fully saturated rings. The fourth-order valence-corrected chi connectivity index (χ4v) is 1.95. The average Bonchev–Trinajstić information content (AvgIpc) is 2.26. The van der Waals surface area contributed by atoms with Crippen LogP contribution >= 0.6 is 0 Å². The minimum Gasteiger partial charge on any atom is -0.294 e. The van der Waals surface area contributed by atoms with Gasteiger partial charge in [0.25, 0.3) is 5.91 Å². The SMILES string of the molecule is CCC(C(=O)NN)N1CC(=O)NC(=O)C1(C)C. The van der Waals surface area contributed by atoms with E-state index in [9.17, 15) is 14.4 Å². The molecule has 1 aliphatic rings. The number of nitrogens with zero attached hydrogens (tertiary/aromatic N) is 1. The van der Waals surface area contributed by atoms with Crippen molar-refractivity contribution >= 4 is 17.7 Å². The topological polar surface area (TPSA) is 105 Å². The Labute approximate surface area is 99.7 Å². The van der Waals surface area contributed by atoms with Crippen molar-refractivity contribution < 1.29 is 14.4 Å². The minimum absolute atomic E-state index is 0.00463. The van der Waals surface area contributed by atoms with Gasteiger partial charge in [-0.3, -0.25) is 30.0 Å². The summed E-state index contributed by atoms with van der Waals surface area (Å²) in [6.45, 7) is 5.14. The Kier molecular flexibility index (Phi) is 3.84. The second-order valence-corrected chi connectivity index (χ2v) is 4.50. The van der Waals surface area contributed by atoms with Crippen LogP contribution in [0.25, 0.3) is 0 Å². The Morgan fingerprint density at radius 3 is 2.65 bits per heavy atom. The zero-order valence-electron chi connectivity index (χ0n) is 10.2. The van der Waals surface area contributed by atoms with Crippen molar-refractivity contribution in [3.63, 3.8) is 0 Å². The van der Waals surface area contributed by atoms with Crippen LogP contribution < -0.4 is 16.6 Å². The lowest BCUT2D eigenvalue weighted by atomic mass is 9.95. The summed E-state index contributed by atoms with van der Waals surface area (Å²) < 4.78 is 0. The van der Waals surface area contributed by atoms with Crippen molar-refractivity contribution in [3.8, 4) is 0 Å². The van der Waals surface area contributed by atoms with Crippen LogP contribution in [0.5, 0.6) is 0 Å². The number of amides is 3. The van der Waals surface area contributed by atoms with Crippen LogP contribution in [0, 0.1) is 0 Å². The molecule has 0 bridgehead atoms. The van der Waals surface area contributed by atoms with Gasteiger partial charge in [0.1, 0.15) is 0 Å². The van der Waals surface area contributed by atoms with Crippen molar-refractivity contribution in [2.45, 2.75) is 38.8 Å². The fourth-order valence-electron chi connectivity index (χ4n) is 1.95. The average molecular weight is 242 g/mol. The van der Waals surface area contributed by atoms with Gasteiger partial charge in [0.2, 0.25) is 11.8 Å². The van der Waals surface area contributed by atoms with Gasteiger partial charge < -0.3 is 0 Å². The molecule has 0 saturated carbocycles. The molecule has 3 amide bonds. The zero-order valence-corrected chi connectivity index (χ0v) is 10.2. The van der Waals surface area contributed by atoms with Crippen molar-refractivity contribution in [2.24, 2.45) is 5.84 Å². The Balaban J connectivity index is 3.03. The predicted octanol–water partition coefficient (Wildman–Crippen LogP) is -1.51. The van der Waals surface area contributed by atoms with Crippen molar-refractivity contribution in [1.82, 2.24) is 15.6 Å². The van der Waals surface area contributed by atoms with Gasteiger partial charge in [-0.05, 0) is 20.3 Å². The first kappa shape index (κ1) is 13.6. The molecule has 7 nitrogen and oxygen atoms in total. The van der Waals surface area contributed by atoms with Gasteiger partial charge in [-0.2, -0.15) is 0 Å². The molecule has 96 valence electrons. The van der Waals surface area contributed by atoms with Gasteiger partial charge in [-0.15, -0.1) is 0 Å². The second-order valence-electron chi connectivity index (χ2n) is 4.50. The number of imide groups is 1. The van der Waals surface area contributed by atoms with Gasteiger partial charge in [0.15, 0.2) is 0 Å². The molecule has 1 unspecified atom stereocenters. The molecule has 0 radical (unpaired) electrons. The number of hydrazine groups is 1. The number of carbonyl (C=O) groups is 3. The van der Waals surface area contributed by atoms with E-state index in [4.69, 9.17) is 5.84 Å². The molecule has 1 aliphatic heterocycles. The Morgan fingerprint density at radius 2 is 2.18 bits per heavy atom. The van der Waals surface area contributed by atoms with Gasteiger partial charge in [0, 0.05) is 0 Å². The van der Waals surface area contributed by atoms with Crippen molar-refractivity contribution in [1.29, 1.82) is 0 Å². The van der Waals surface area contributed by atoms with Crippen LogP contribution in [-0.4, -0.2) is 40.7 Å². The molecule has 1 saturated heterocycles. The third-order valence-corrected chi connectivity index (χ3v) is 3.05. The van der Waals surface area contributed by atoms with Gasteiger partial charge in [-0.1, -0.05) is 6.92 Å². The van der Waals surface area contributed by atoms with Crippen LogP contribution in [0.15, 0.2) is 0 Å².